The summed E-state index contributed by atoms with van der Waals surface area (Å²) in [7, 11) is -3.62. The summed E-state index contributed by atoms with van der Waals surface area (Å²) in [6.07, 6.45) is 5.36. The third-order valence-electron chi connectivity index (χ3n) is 3.52. The molecule has 0 atom stereocenters. The second kappa shape index (κ2) is 6.44. The van der Waals surface area contributed by atoms with Gasteiger partial charge in [0.25, 0.3) is 10.0 Å². The van der Waals surface area contributed by atoms with Gasteiger partial charge in [0.15, 0.2) is 0 Å². The van der Waals surface area contributed by atoms with Gasteiger partial charge in [0, 0.05) is 13.1 Å². The molecule has 8 heteroatoms. The Morgan fingerprint density at radius 3 is 2.50 bits per heavy atom. The van der Waals surface area contributed by atoms with Crippen LogP contribution in [0.2, 0.25) is 4.34 Å². The lowest BCUT2D eigenvalue weighted by Crippen LogP contribution is -2.29. The molecular formula is C14H16ClN3O2S2. The van der Waals surface area contributed by atoms with Gasteiger partial charge in [-0.3, -0.25) is 4.72 Å². The van der Waals surface area contributed by atoms with E-state index in [1.54, 1.807) is 18.3 Å². The molecule has 0 unspecified atom stereocenters. The lowest BCUT2D eigenvalue weighted by Gasteiger charge is -2.28. The molecule has 0 saturated carbocycles. The van der Waals surface area contributed by atoms with Crippen LogP contribution < -0.4 is 9.62 Å². The molecule has 3 rings (SSSR count). The third kappa shape index (κ3) is 3.53. The van der Waals surface area contributed by atoms with E-state index in [0.717, 1.165) is 30.1 Å². The van der Waals surface area contributed by atoms with Crippen molar-refractivity contribution in [1.82, 2.24) is 4.98 Å². The van der Waals surface area contributed by atoms with Crippen molar-refractivity contribution in [1.29, 1.82) is 0 Å². The van der Waals surface area contributed by atoms with Crippen LogP contribution in [0.25, 0.3) is 0 Å². The van der Waals surface area contributed by atoms with E-state index in [2.05, 4.69) is 14.6 Å². The normalized spacial score (nSPS) is 15.8. The molecule has 0 spiro atoms. The Bertz CT molecular complexity index is 738. The monoisotopic (exact) mass is 357 g/mol. The maximum absolute atomic E-state index is 12.2. The van der Waals surface area contributed by atoms with Crippen LogP contribution in [0.3, 0.4) is 0 Å². The van der Waals surface area contributed by atoms with Gasteiger partial charge < -0.3 is 4.90 Å². The minimum absolute atomic E-state index is 0.180. The Hall–Kier alpha value is -1.31. The summed E-state index contributed by atoms with van der Waals surface area (Å²) < 4.78 is 27.5. The van der Waals surface area contributed by atoms with E-state index in [0.29, 0.717) is 10.2 Å². The van der Waals surface area contributed by atoms with Gasteiger partial charge >= 0.3 is 0 Å². The Morgan fingerprint density at radius 1 is 1.14 bits per heavy atom. The zero-order chi connectivity index (χ0) is 15.6. The lowest BCUT2D eigenvalue weighted by molar-refractivity contribution is 0.577. The van der Waals surface area contributed by atoms with Gasteiger partial charge in [0.05, 0.1) is 16.2 Å². The van der Waals surface area contributed by atoms with Crippen LogP contribution in [0, 0.1) is 0 Å². The zero-order valence-corrected chi connectivity index (χ0v) is 14.2. The number of nitrogens with one attached hydrogen (secondary N) is 1. The molecule has 0 radical (unpaired) electrons. The molecule has 118 valence electrons. The van der Waals surface area contributed by atoms with E-state index in [-0.39, 0.29) is 4.21 Å². The SMILES string of the molecule is O=S(=O)(Nc1ccc(N2CCCCC2)cn1)c1ccc(Cl)s1. The molecule has 1 N–H and O–H groups in total. The minimum Gasteiger partial charge on any atom is -0.370 e. The predicted octanol–water partition coefficient (Wildman–Crippen LogP) is 3.59. The highest BCUT2D eigenvalue weighted by atomic mass is 35.5. The summed E-state index contributed by atoms with van der Waals surface area (Å²) in [5.41, 5.74) is 1.03. The number of sulfonamides is 1. The summed E-state index contributed by atoms with van der Waals surface area (Å²) in [6.45, 7) is 2.06. The van der Waals surface area contributed by atoms with Crippen molar-refractivity contribution in [2.45, 2.75) is 23.5 Å². The molecule has 0 aromatic carbocycles. The average molecular weight is 358 g/mol. The first-order chi connectivity index (χ1) is 10.5. The van der Waals surface area contributed by atoms with E-state index in [4.69, 9.17) is 11.6 Å². The number of aromatic nitrogens is 1. The smallest absolute Gasteiger partial charge is 0.272 e. The fourth-order valence-corrected chi connectivity index (χ4v) is 4.91. The molecule has 22 heavy (non-hydrogen) atoms. The molecular weight excluding hydrogens is 342 g/mol. The number of anilines is 2. The van der Waals surface area contributed by atoms with E-state index in [9.17, 15) is 8.42 Å². The van der Waals surface area contributed by atoms with E-state index >= 15 is 0 Å². The summed E-state index contributed by atoms with van der Waals surface area (Å²) in [4.78, 5) is 6.48. The van der Waals surface area contributed by atoms with Crippen LogP contribution in [-0.2, 0) is 10.0 Å². The first-order valence-corrected chi connectivity index (χ1v) is 9.71. The number of rotatable bonds is 4. The summed E-state index contributed by atoms with van der Waals surface area (Å²) in [6, 6.07) is 6.64. The number of thiophene rings is 1. The second-order valence-corrected chi connectivity index (χ2v) is 8.74. The molecule has 0 bridgehead atoms. The topological polar surface area (TPSA) is 62.3 Å². The van der Waals surface area contributed by atoms with E-state index < -0.39 is 10.0 Å². The fraction of sp³-hybridized carbons (Fsp3) is 0.357. The van der Waals surface area contributed by atoms with Gasteiger partial charge in [-0.05, 0) is 43.5 Å². The second-order valence-electron chi connectivity index (χ2n) is 5.11. The number of halogens is 1. The molecule has 0 amide bonds. The maximum atomic E-state index is 12.2. The van der Waals surface area contributed by atoms with E-state index in [1.165, 1.54) is 25.3 Å². The zero-order valence-electron chi connectivity index (χ0n) is 11.8. The van der Waals surface area contributed by atoms with Gasteiger partial charge in [0.1, 0.15) is 10.0 Å². The molecule has 1 fully saturated rings. The van der Waals surface area contributed by atoms with Crippen LogP contribution in [-0.4, -0.2) is 26.5 Å². The number of hydrogen-bond donors (Lipinski definition) is 1. The first kappa shape index (κ1) is 15.6. The highest BCUT2D eigenvalue weighted by Gasteiger charge is 2.18. The van der Waals surface area contributed by atoms with Crippen molar-refractivity contribution >= 4 is 44.5 Å². The van der Waals surface area contributed by atoms with Crippen LogP contribution in [0.4, 0.5) is 11.5 Å². The fourth-order valence-electron chi connectivity index (χ4n) is 2.42. The van der Waals surface area contributed by atoms with Crippen LogP contribution in [0.1, 0.15) is 19.3 Å². The molecule has 1 aliphatic rings. The van der Waals surface area contributed by atoms with Gasteiger partial charge in [-0.1, -0.05) is 11.6 Å². The Balaban J connectivity index is 1.73. The van der Waals surface area contributed by atoms with Crippen molar-refractivity contribution in [3.05, 3.63) is 34.8 Å². The number of pyridine rings is 1. The van der Waals surface area contributed by atoms with Gasteiger partial charge in [-0.15, -0.1) is 11.3 Å². The van der Waals surface area contributed by atoms with Crippen LogP contribution in [0.15, 0.2) is 34.7 Å². The Labute approximate surface area is 139 Å². The van der Waals surface area contributed by atoms with Crippen LogP contribution in [0.5, 0.6) is 0 Å². The number of piperidine rings is 1. The van der Waals surface area contributed by atoms with Crippen molar-refractivity contribution in [2.24, 2.45) is 0 Å². The van der Waals surface area contributed by atoms with Gasteiger partial charge in [0.2, 0.25) is 0 Å². The number of hydrogen-bond acceptors (Lipinski definition) is 5. The summed E-state index contributed by atoms with van der Waals surface area (Å²) >= 11 is 6.80. The molecule has 1 saturated heterocycles. The Morgan fingerprint density at radius 2 is 1.91 bits per heavy atom. The minimum atomic E-state index is -3.62. The maximum Gasteiger partial charge on any atom is 0.272 e. The molecule has 5 nitrogen and oxygen atoms in total. The lowest BCUT2D eigenvalue weighted by atomic mass is 10.1. The molecule has 2 aromatic rings. The van der Waals surface area contributed by atoms with Crippen molar-refractivity contribution in [3.8, 4) is 0 Å². The van der Waals surface area contributed by atoms with Gasteiger partial charge in [-0.2, -0.15) is 0 Å². The molecule has 3 heterocycles. The molecule has 0 aliphatic carbocycles. The largest absolute Gasteiger partial charge is 0.370 e. The average Bonchev–Trinajstić information content (AvgIpc) is 2.96. The number of nitrogens with zero attached hydrogens (tertiary/aromatic N) is 2. The highest BCUT2D eigenvalue weighted by molar-refractivity contribution is 7.94. The van der Waals surface area contributed by atoms with Crippen molar-refractivity contribution < 1.29 is 8.42 Å². The predicted molar refractivity (Wildman–Crippen MR) is 90.4 cm³/mol. The molecule has 2 aromatic heterocycles. The highest BCUT2D eigenvalue weighted by Crippen LogP contribution is 2.27. The summed E-state index contributed by atoms with van der Waals surface area (Å²) in [5.74, 6) is 0.310. The van der Waals surface area contributed by atoms with Crippen LogP contribution >= 0.6 is 22.9 Å². The molecule has 1 aliphatic heterocycles. The Kier molecular flexibility index (Phi) is 4.56. The van der Waals surface area contributed by atoms with Gasteiger partial charge in [-0.25, -0.2) is 13.4 Å². The van der Waals surface area contributed by atoms with Crippen molar-refractivity contribution in [2.75, 3.05) is 22.7 Å². The summed E-state index contributed by atoms with van der Waals surface area (Å²) in [5, 5.41) is 0. The quantitative estimate of drug-likeness (QED) is 0.908. The first-order valence-electron chi connectivity index (χ1n) is 7.04. The standard InChI is InChI=1S/C14H16ClN3O2S2/c15-12-5-7-14(21-12)22(19,20)17-13-6-4-11(10-16-13)18-8-2-1-3-9-18/h4-7,10H,1-3,8-9H2,(H,16,17). The van der Waals surface area contributed by atoms with Crippen molar-refractivity contribution in [3.63, 3.8) is 0 Å². The third-order valence-corrected chi connectivity index (χ3v) is 6.60. The van der Waals surface area contributed by atoms with E-state index in [1.807, 2.05) is 6.07 Å².